The highest BCUT2D eigenvalue weighted by Crippen LogP contribution is 2.38. The Hall–Kier alpha value is -2.88. The molecule has 11 heteroatoms. The third-order valence-corrected chi connectivity index (χ3v) is 7.49. The van der Waals surface area contributed by atoms with E-state index in [9.17, 15) is 13.2 Å². The number of aliphatic imine (C=N–C) groups is 1. The van der Waals surface area contributed by atoms with Gasteiger partial charge in [-0.2, -0.15) is 18.2 Å². The molecule has 1 fully saturated rings. The second-order valence-electron chi connectivity index (χ2n) is 10.3. The number of alkyl halides is 3. The van der Waals surface area contributed by atoms with E-state index in [1.54, 1.807) is 18.2 Å². The first-order valence-corrected chi connectivity index (χ1v) is 13.6. The minimum atomic E-state index is -4.40. The van der Waals surface area contributed by atoms with E-state index in [0.717, 1.165) is 61.8 Å². The third-order valence-electron chi connectivity index (χ3n) is 6.78. The zero-order valence-corrected chi connectivity index (χ0v) is 23.2. The van der Waals surface area contributed by atoms with Crippen LogP contribution in [0.4, 0.5) is 36.3 Å². The van der Waals surface area contributed by atoms with Gasteiger partial charge >= 0.3 is 6.18 Å². The quantitative estimate of drug-likeness (QED) is 0.322. The summed E-state index contributed by atoms with van der Waals surface area (Å²) in [5.41, 5.74) is 2.74. The Morgan fingerprint density at radius 1 is 0.949 bits per heavy atom. The molecule has 1 aromatic heterocycles. The molecule has 3 aromatic rings. The molecular weight excluding hydrogens is 548 g/mol. The van der Waals surface area contributed by atoms with Gasteiger partial charge in [0.05, 0.1) is 11.3 Å². The van der Waals surface area contributed by atoms with Crippen molar-refractivity contribution in [3.05, 3.63) is 69.3 Å². The van der Waals surface area contributed by atoms with Crippen LogP contribution in [0.15, 0.2) is 47.5 Å². The number of halogens is 5. The number of piperazine rings is 1. The van der Waals surface area contributed by atoms with Gasteiger partial charge in [-0.25, -0.2) is 4.98 Å². The summed E-state index contributed by atoms with van der Waals surface area (Å²) in [6, 6.07) is 10.3. The summed E-state index contributed by atoms with van der Waals surface area (Å²) in [5.74, 6) is 1.63. The third kappa shape index (κ3) is 6.48. The van der Waals surface area contributed by atoms with Crippen LogP contribution in [0.3, 0.4) is 0 Å². The van der Waals surface area contributed by atoms with Crippen LogP contribution in [0.5, 0.6) is 0 Å². The predicted molar refractivity (Wildman–Crippen MR) is 151 cm³/mol. The van der Waals surface area contributed by atoms with Crippen molar-refractivity contribution in [1.82, 2.24) is 14.9 Å². The fourth-order valence-electron chi connectivity index (χ4n) is 4.88. The van der Waals surface area contributed by atoms with Gasteiger partial charge in [-0.3, -0.25) is 9.89 Å². The van der Waals surface area contributed by atoms with E-state index in [4.69, 9.17) is 38.2 Å². The van der Waals surface area contributed by atoms with Crippen LogP contribution in [0.1, 0.15) is 30.7 Å². The number of anilines is 3. The maximum absolute atomic E-state index is 13.1. The lowest BCUT2D eigenvalue weighted by atomic mass is 10.1. The number of hydrogen-bond acceptors (Lipinski definition) is 6. The molecular formula is C28H29Cl2F3N6. The van der Waals surface area contributed by atoms with E-state index in [1.807, 2.05) is 0 Å². The molecule has 0 amide bonds. The van der Waals surface area contributed by atoms with Gasteiger partial charge < -0.3 is 10.2 Å². The second kappa shape index (κ2) is 11.3. The molecule has 5 rings (SSSR count). The summed E-state index contributed by atoms with van der Waals surface area (Å²) >= 11 is 12.8. The van der Waals surface area contributed by atoms with Gasteiger partial charge in [-0.15, -0.1) is 0 Å². The summed E-state index contributed by atoms with van der Waals surface area (Å²) in [4.78, 5) is 19.1. The van der Waals surface area contributed by atoms with E-state index >= 15 is 0 Å². The fourth-order valence-corrected chi connectivity index (χ4v) is 5.41. The summed E-state index contributed by atoms with van der Waals surface area (Å²) in [5, 5.41) is 4.32. The number of rotatable bonds is 7. The Labute approximate surface area is 235 Å². The molecule has 3 heterocycles. The second-order valence-corrected chi connectivity index (χ2v) is 11.1. The van der Waals surface area contributed by atoms with E-state index in [1.165, 1.54) is 12.1 Å². The van der Waals surface area contributed by atoms with Gasteiger partial charge in [0.25, 0.3) is 0 Å². The molecule has 0 radical (unpaired) electrons. The lowest BCUT2D eigenvalue weighted by Crippen LogP contribution is -2.48. The number of aromatic nitrogens is 2. The highest BCUT2D eigenvalue weighted by atomic mass is 35.5. The lowest BCUT2D eigenvalue weighted by Gasteiger charge is -2.35. The van der Waals surface area contributed by atoms with Crippen molar-refractivity contribution in [3.8, 4) is 0 Å². The van der Waals surface area contributed by atoms with Gasteiger partial charge in [-0.1, -0.05) is 43.1 Å². The van der Waals surface area contributed by atoms with Gasteiger partial charge in [-0.05, 0) is 47.9 Å². The van der Waals surface area contributed by atoms with Crippen LogP contribution < -0.4 is 10.2 Å². The molecule has 0 unspecified atom stereocenters. The van der Waals surface area contributed by atoms with Gasteiger partial charge in [0.2, 0.25) is 5.95 Å². The largest absolute Gasteiger partial charge is 0.416 e. The van der Waals surface area contributed by atoms with Crippen molar-refractivity contribution in [1.29, 1.82) is 0 Å². The van der Waals surface area contributed by atoms with Gasteiger partial charge in [0, 0.05) is 67.0 Å². The topological polar surface area (TPSA) is 56.6 Å². The zero-order valence-electron chi connectivity index (χ0n) is 21.7. The summed E-state index contributed by atoms with van der Waals surface area (Å²) in [6.45, 7) is 8.86. The summed E-state index contributed by atoms with van der Waals surface area (Å²) < 4.78 is 39.2. The van der Waals surface area contributed by atoms with Crippen molar-refractivity contribution in [2.75, 3.05) is 42.9 Å². The summed E-state index contributed by atoms with van der Waals surface area (Å²) in [7, 11) is 0. The molecule has 39 heavy (non-hydrogen) atoms. The molecule has 2 aliphatic rings. The van der Waals surface area contributed by atoms with Crippen molar-refractivity contribution < 1.29 is 13.2 Å². The molecule has 0 aliphatic carbocycles. The SMILES string of the molecule is CC(C)CN1CCN(c2nc3c(c(Nc4ccc(C(F)(F)F)cc4)n2)N=C(Cc2c(Cl)cccc2Cl)C3)CC1. The van der Waals surface area contributed by atoms with Crippen LogP contribution >= 0.6 is 23.2 Å². The normalized spacial score (nSPS) is 16.0. The van der Waals surface area contributed by atoms with E-state index < -0.39 is 11.7 Å². The van der Waals surface area contributed by atoms with Crippen molar-refractivity contribution in [3.63, 3.8) is 0 Å². The maximum Gasteiger partial charge on any atom is 0.416 e. The number of benzene rings is 2. The van der Waals surface area contributed by atoms with Gasteiger partial charge in [0.15, 0.2) is 5.82 Å². The summed E-state index contributed by atoms with van der Waals surface area (Å²) in [6.07, 6.45) is -3.45. The van der Waals surface area contributed by atoms with E-state index in [0.29, 0.717) is 51.9 Å². The molecule has 1 saturated heterocycles. The van der Waals surface area contributed by atoms with Crippen LogP contribution in [0.25, 0.3) is 0 Å². The Morgan fingerprint density at radius 2 is 1.62 bits per heavy atom. The highest BCUT2D eigenvalue weighted by Gasteiger charge is 2.30. The van der Waals surface area contributed by atoms with Crippen molar-refractivity contribution in [2.24, 2.45) is 10.9 Å². The van der Waals surface area contributed by atoms with Crippen LogP contribution in [-0.2, 0) is 19.0 Å². The molecule has 1 N–H and O–H groups in total. The average Bonchev–Trinajstić information content (AvgIpc) is 3.29. The molecule has 0 spiro atoms. The monoisotopic (exact) mass is 576 g/mol. The zero-order chi connectivity index (χ0) is 27.7. The van der Waals surface area contributed by atoms with E-state index in [2.05, 4.69) is 29.0 Å². The molecule has 2 aromatic carbocycles. The van der Waals surface area contributed by atoms with Crippen molar-refractivity contribution in [2.45, 2.75) is 32.9 Å². The smallest absolute Gasteiger partial charge is 0.338 e. The lowest BCUT2D eigenvalue weighted by molar-refractivity contribution is -0.137. The number of nitrogens with zero attached hydrogens (tertiary/aromatic N) is 5. The van der Waals surface area contributed by atoms with Crippen LogP contribution in [-0.4, -0.2) is 53.3 Å². The van der Waals surface area contributed by atoms with Gasteiger partial charge in [0.1, 0.15) is 5.69 Å². The maximum atomic E-state index is 13.1. The molecule has 0 bridgehead atoms. The molecule has 6 nitrogen and oxygen atoms in total. The van der Waals surface area contributed by atoms with E-state index in [-0.39, 0.29) is 0 Å². The average molecular weight is 577 g/mol. The van der Waals surface area contributed by atoms with Crippen LogP contribution in [0.2, 0.25) is 10.0 Å². The molecule has 0 saturated carbocycles. The number of nitrogens with one attached hydrogen (secondary N) is 1. The Kier molecular flexibility index (Phi) is 8.03. The number of fused-ring (bicyclic) bond motifs is 1. The first kappa shape index (κ1) is 27.7. The minimum absolute atomic E-state index is 0.456. The van der Waals surface area contributed by atoms with Crippen molar-refractivity contribution >= 4 is 52.1 Å². The minimum Gasteiger partial charge on any atom is -0.338 e. The first-order chi connectivity index (χ1) is 18.6. The molecule has 0 atom stereocenters. The first-order valence-electron chi connectivity index (χ1n) is 12.9. The Bertz CT molecular complexity index is 1350. The predicted octanol–water partition coefficient (Wildman–Crippen LogP) is 7.20. The van der Waals surface area contributed by atoms with Crippen LogP contribution in [0, 0.1) is 5.92 Å². The molecule has 2 aliphatic heterocycles. The Morgan fingerprint density at radius 3 is 2.23 bits per heavy atom. The fraction of sp³-hybridized carbons (Fsp3) is 0.393. The standard InChI is InChI=1S/C28H29Cl2F3N6/c1-17(2)16-38-10-12-39(13-11-38)27-36-24-15-20(14-21-22(29)4-3-5-23(21)30)34-25(24)26(37-27)35-19-8-6-18(7-9-19)28(31,32)33/h3-9,17H,10-16H2,1-2H3,(H,35,36,37). The Balaban J connectivity index is 1.43. The number of hydrogen-bond donors (Lipinski definition) is 1. The molecule has 206 valence electrons. The highest BCUT2D eigenvalue weighted by molar-refractivity contribution is 6.36.